The molecule has 0 aliphatic heterocycles. The number of hydrogen-bond acceptors (Lipinski definition) is 4. The van der Waals surface area contributed by atoms with Crippen LogP contribution in [0.1, 0.15) is 47.4 Å². The van der Waals surface area contributed by atoms with Gasteiger partial charge in [0.25, 0.3) is 0 Å². The largest absolute Gasteiger partial charge is 0.349 e. The number of anilines is 1. The molecule has 36 heavy (non-hydrogen) atoms. The van der Waals surface area contributed by atoms with Gasteiger partial charge in [-0.05, 0) is 68.4 Å². The lowest BCUT2D eigenvalue weighted by Gasteiger charge is -2.11. The summed E-state index contributed by atoms with van der Waals surface area (Å²) >= 11 is 5.45. The van der Waals surface area contributed by atoms with Gasteiger partial charge in [-0.3, -0.25) is 4.79 Å². The van der Waals surface area contributed by atoms with Gasteiger partial charge in [0.05, 0.1) is 17.1 Å². The number of ketones is 1. The van der Waals surface area contributed by atoms with Crippen LogP contribution in [0.4, 0.5) is 5.69 Å². The van der Waals surface area contributed by atoms with E-state index in [0.29, 0.717) is 35.5 Å². The van der Waals surface area contributed by atoms with Crippen molar-refractivity contribution in [1.29, 1.82) is 0 Å². The molecule has 1 aliphatic rings. The van der Waals surface area contributed by atoms with Crippen LogP contribution in [-0.4, -0.2) is 25.5 Å². The number of aromatic nitrogens is 3. The van der Waals surface area contributed by atoms with Gasteiger partial charge in [0.1, 0.15) is 12.1 Å². The zero-order valence-electron chi connectivity index (χ0n) is 20.9. The molecule has 5 nitrogen and oxygen atoms in total. The maximum atomic E-state index is 12.6. The molecule has 1 aromatic heterocycles. The van der Waals surface area contributed by atoms with E-state index < -0.39 is 0 Å². The van der Waals surface area contributed by atoms with Crippen LogP contribution < -0.4 is 5.32 Å². The first-order valence-corrected chi connectivity index (χ1v) is 12.7. The van der Waals surface area contributed by atoms with E-state index in [1.807, 2.05) is 31.2 Å². The van der Waals surface area contributed by atoms with Gasteiger partial charge in [0, 0.05) is 17.7 Å². The number of rotatable bonds is 8. The summed E-state index contributed by atoms with van der Waals surface area (Å²) in [6.45, 7) is 6.18. The Balaban J connectivity index is 1.14. The molecule has 0 radical (unpaired) electrons. The third kappa shape index (κ3) is 5.60. The van der Waals surface area contributed by atoms with Gasteiger partial charge in [0.15, 0.2) is 5.82 Å². The second-order valence-electron chi connectivity index (χ2n) is 9.86. The predicted molar refractivity (Wildman–Crippen MR) is 149 cm³/mol. The summed E-state index contributed by atoms with van der Waals surface area (Å²) in [5, 5.41) is 7.87. The molecule has 182 valence electrons. The monoisotopic (exact) mass is 494 g/mol. The summed E-state index contributed by atoms with van der Waals surface area (Å²) in [7, 11) is 0. The van der Waals surface area contributed by atoms with Crippen molar-refractivity contribution in [2.75, 3.05) is 5.32 Å². The Morgan fingerprint density at radius 3 is 2.44 bits per heavy atom. The molecule has 6 heteroatoms. The normalized spacial score (nSPS) is 16.5. The van der Waals surface area contributed by atoms with E-state index in [1.165, 1.54) is 16.7 Å². The van der Waals surface area contributed by atoms with Gasteiger partial charge in [-0.1, -0.05) is 71.9 Å². The van der Waals surface area contributed by atoms with Crippen molar-refractivity contribution in [2.24, 2.45) is 5.92 Å². The van der Waals surface area contributed by atoms with E-state index >= 15 is 0 Å². The molecule has 4 aromatic rings. The maximum absolute atomic E-state index is 12.6. The predicted octanol–water partition coefficient (Wildman–Crippen LogP) is 6.75. The number of nitrogens with zero attached hydrogens (tertiary/aromatic N) is 3. The number of benzene rings is 3. The van der Waals surface area contributed by atoms with Crippen molar-refractivity contribution in [1.82, 2.24) is 14.8 Å². The fourth-order valence-electron chi connectivity index (χ4n) is 4.67. The highest BCUT2D eigenvalue weighted by molar-refractivity contribution is 7.80. The molecule has 1 heterocycles. The van der Waals surface area contributed by atoms with Crippen molar-refractivity contribution in [3.05, 3.63) is 95.3 Å². The fraction of sp³-hybridized carbons (Fsp3) is 0.267. The first-order valence-electron chi connectivity index (χ1n) is 12.3. The molecular formula is C30H30N4OS. The average molecular weight is 495 g/mol. The topological polar surface area (TPSA) is 59.8 Å². The number of thiocarbonyl (C=S) groups is 1. The molecule has 0 bridgehead atoms. The van der Waals surface area contributed by atoms with E-state index in [-0.39, 0.29) is 5.78 Å². The number of nitrogens with one attached hydrogen (secondary N) is 1. The van der Waals surface area contributed by atoms with Crippen molar-refractivity contribution in [3.63, 3.8) is 0 Å². The highest BCUT2D eigenvalue weighted by atomic mass is 32.1. The van der Waals surface area contributed by atoms with Crippen molar-refractivity contribution in [3.8, 4) is 17.1 Å². The van der Waals surface area contributed by atoms with Crippen molar-refractivity contribution >= 4 is 28.7 Å². The summed E-state index contributed by atoms with van der Waals surface area (Å²) in [4.78, 5) is 17.7. The number of hydrogen-bond donors (Lipinski definition) is 1. The minimum absolute atomic E-state index is 0.201. The second-order valence-corrected chi connectivity index (χ2v) is 10.4. The maximum Gasteiger partial charge on any atom is 0.181 e. The summed E-state index contributed by atoms with van der Waals surface area (Å²) in [6.07, 6.45) is 3.66. The number of carbonyl (C=O) groups is 1. The SMILES string of the molecule is Cc1ccc(-n2cnc(-c3ccc(C4CC4CC(=O)CC(=S)Nc4ccc(C)cc4C)cc3)n2)cc1. The lowest BCUT2D eigenvalue weighted by Crippen LogP contribution is -2.15. The van der Waals surface area contributed by atoms with E-state index in [0.717, 1.165) is 28.9 Å². The zero-order valence-corrected chi connectivity index (χ0v) is 21.7. The Labute approximate surface area is 217 Å². The van der Waals surface area contributed by atoms with Crippen LogP contribution in [0.3, 0.4) is 0 Å². The lowest BCUT2D eigenvalue weighted by molar-refractivity contribution is -0.118. The Hall–Kier alpha value is -3.64. The Morgan fingerprint density at radius 1 is 1.00 bits per heavy atom. The lowest BCUT2D eigenvalue weighted by atomic mass is 10.0. The zero-order chi connectivity index (χ0) is 25.2. The highest BCUT2D eigenvalue weighted by Gasteiger charge is 2.39. The fourth-order valence-corrected chi connectivity index (χ4v) is 4.94. The van der Waals surface area contributed by atoms with E-state index in [9.17, 15) is 4.79 Å². The van der Waals surface area contributed by atoms with Crippen LogP contribution in [0.5, 0.6) is 0 Å². The average Bonchev–Trinajstić information content (AvgIpc) is 3.43. The van der Waals surface area contributed by atoms with Crippen LogP contribution in [-0.2, 0) is 4.79 Å². The molecule has 2 atom stereocenters. The molecule has 1 aliphatic carbocycles. The molecule has 0 spiro atoms. The summed E-state index contributed by atoms with van der Waals surface area (Å²) in [6, 6.07) is 22.8. The number of Topliss-reactive ketones (excluding diaryl/α,β-unsaturated/α-hetero) is 1. The third-order valence-corrected chi connectivity index (χ3v) is 7.06. The van der Waals surface area contributed by atoms with Crippen LogP contribution >= 0.6 is 12.2 Å². The standard InChI is InChI=1S/C30H30N4OS/c1-19-4-11-25(12-5-19)34-18-31-30(33-34)23-9-7-22(8-10-23)27-16-24(27)15-26(35)17-29(36)32-28-13-6-20(2)14-21(28)3/h4-14,18,24,27H,15-17H2,1-3H3,(H,32,36). The van der Waals surface area contributed by atoms with Crippen molar-refractivity contribution < 1.29 is 4.79 Å². The molecule has 1 saturated carbocycles. The molecule has 3 aromatic carbocycles. The quantitative estimate of drug-likeness (QED) is 0.275. The molecule has 0 amide bonds. The summed E-state index contributed by atoms with van der Waals surface area (Å²) in [5.41, 5.74) is 7.78. The molecule has 1 fully saturated rings. The van der Waals surface area contributed by atoms with E-state index in [2.05, 4.69) is 71.7 Å². The minimum Gasteiger partial charge on any atom is -0.349 e. The van der Waals surface area contributed by atoms with Gasteiger partial charge >= 0.3 is 0 Å². The molecule has 0 saturated heterocycles. The Kier molecular flexibility index (Phi) is 6.79. The van der Waals surface area contributed by atoms with E-state index in [1.54, 1.807) is 11.0 Å². The van der Waals surface area contributed by atoms with Crippen LogP contribution in [0.15, 0.2) is 73.1 Å². The Bertz CT molecular complexity index is 1410. The molecule has 1 N–H and O–H groups in total. The van der Waals surface area contributed by atoms with Gasteiger partial charge in [-0.25, -0.2) is 9.67 Å². The number of carbonyl (C=O) groups excluding carboxylic acids is 1. The first-order chi connectivity index (χ1) is 17.4. The second kappa shape index (κ2) is 10.2. The highest BCUT2D eigenvalue weighted by Crippen LogP contribution is 2.50. The van der Waals surface area contributed by atoms with Crippen LogP contribution in [0, 0.1) is 26.7 Å². The van der Waals surface area contributed by atoms with Gasteiger partial charge in [0.2, 0.25) is 0 Å². The smallest absolute Gasteiger partial charge is 0.181 e. The van der Waals surface area contributed by atoms with Gasteiger partial charge < -0.3 is 5.32 Å². The van der Waals surface area contributed by atoms with Gasteiger partial charge in [-0.2, -0.15) is 0 Å². The van der Waals surface area contributed by atoms with Crippen LogP contribution in [0.25, 0.3) is 17.1 Å². The Morgan fingerprint density at radius 2 is 1.72 bits per heavy atom. The molecular weight excluding hydrogens is 464 g/mol. The van der Waals surface area contributed by atoms with Crippen molar-refractivity contribution in [2.45, 2.75) is 46.0 Å². The first kappa shape index (κ1) is 24.1. The van der Waals surface area contributed by atoms with E-state index in [4.69, 9.17) is 12.2 Å². The van der Waals surface area contributed by atoms with Crippen LogP contribution in [0.2, 0.25) is 0 Å². The molecule has 5 rings (SSSR count). The number of aryl methyl sites for hydroxylation is 3. The minimum atomic E-state index is 0.201. The van der Waals surface area contributed by atoms with Gasteiger partial charge in [-0.15, -0.1) is 5.10 Å². The summed E-state index contributed by atoms with van der Waals surface area (Å²) < 4.78 is 1.80. The molecule has 2 unspecified atom stereocenters. The summed E-state index contributed by atoms with van der Waals surface area (Å²) in [5.74, 6) is 1.73. The third-order valence-electron chi connectivity index (χ3n) is 6.81.